The van der Waals surface area contributed by atoms with E-state index in [1.165, 1.54) is 13.8 Å². The zero-order valence-corrected chi connectivity index (χ0v) is 8.63. The zero-order valence-electron chi connectivity index (χ0n) is 8.63. The van der Waals surface area contributed by atoms with E-state index in [0.717, 1.165) is 0 Å². The minimum atomic E-state index is -2.90. The van der Waals surface area contributed by atoms with Gasteiger partial charge in [-0.3, -0.25) is 4.79 Å². The monoisotopic (exact) mass is 210 g/mol. The Morgan fingerprint density at radius 1 is 1.27 bits per heavy atom. The van der Waals surface area contributed by atoms with Gasteiger partial charge in [0.2, 0.25) is 0 Å². The summed E-state index contributed by atoms with van der Waals surface area (Å²) >= 11 is 0. The summed E-state index contributed by atoms with van der Waals surface area (Å²) < 4.78 is 27.1. The fourth-order valence-electron chi connectivity index (χ4n) is 2.16. The maximum absolute atomic E-state index is 13.6. The minimum absolute atomic E-state index is 0.443. The summed E-state index contributed by atoms with van der Waals surface area (Å²) in [5.74, 6) is -4.30. The molecular formula is C12H12F2O. The molecule has 1 saturated carbocycles. The second-order valence-corrected chi connectivity index (χ2v) is 4.23. The molecule has 1 aromatic rings. The molecule has 0 amide bonds. The first-order valence-electron chi connectivity index (χ1n) is 4.86. The van der Waals surface area contributed by atoms with Gasteiger partial charge < -0.3 is 0 Å². The van der Waals surface area contributed by atoms with Gasteiger partial charge in [-0.1, -0.05) is 30.3 Å². The van der Waals surface area contributed by atoms with Crippen LogP contribution in [0.3, 0.4) is 0 Å². The molecule has 0 aliphatic heterocycles. The fraction of sp³-hybridized carbons (Fsp3) is 0.417. The zero-order chi connectivity index (χ0) is 11.3. The molecule has 1 aromatic carbocycles. The van der Waals surface area contributed by atoms with Crippen LogP contribution in [0.4, 0.5) is 8.78 Å². The van der Waals surface area contributed by atoms with E-state index in [4.69, 9.17) is 0 Å². The number of alkyl halides is 2. The van der Waals surface area contributed by atoms with Gasteiger partial charge in [0.1, 0.15) is 11.2 Å². The van der Waals surface area contributed by atoms with Crippen molar-refractivity contribution in [2.75, 3.05) is 0 Å². The SMILES string of the molecule is CC(=O)[C@]1(C)[C@@H](c2ccccc2)C1(F)F. The Labute approximate surface area is 87.1 Å². The number of benzene rings is 1. The lowest BCUT2D eigenvalue weighted by atomic mass is 9.97. The average molecular weight is 210 g/mol. The number of halogens is 2. The van der Waals surface area contributed by atoms with Crippen LogP contribution in [-0.2, 0) is 4.79 Å². The van der Waals surface area contributed by atoms with Gasteiger partial charge in [0.15, 0.2) is 0 Å². The standard InChI is InChI=1S/C12H12F2O/c1-8(15)11(2)10(12(11,13)14)9-6-4-3-5-7-9/h3-7,10H,1-2H3/t10-,11-/m1/s1. The third-order valence-electron chi connectivity index (χ3n) is 3.41. The Balaban J connectivity index is 2.39. The van der Waals surface area contributed by atoms with Crippen molar-refractivity contribution in [3.05, 3.63) is 35.9 Å². The normalized spacial score (nSPS) is 32.4. The number of rotatable bonds is 2. The summed E-state index contributed by atoms with van der Waals surface area (Å²) in [6, 6.07) is 8.49. The van der Waals surface area contributed by atoms with Gasteiger partial charge in [-0.25, -0.2) is 8.78 Å². The van der Waals surface area contributed by atoms with E-state index >= 15 is 0 Å². The lowest BCUT2D eigenvalue weighted by Gasteiger charge is -2.03. The molecule has 15 heavy (non-hydrogen) atoms. The van der Waals surface area contributed by atoms with Crippen molar-refractivity contribution in [1.82, 2.24) is 0 Å². The molecule has 1 aliphatic rings. The summed E-state index contributed by atoms with van der Waals surface area (Å²) in [5, 5.41) is 0. The van der Waals surface area contributed by atoms with Crippen LogP contribution in [-0.4, -0.2) is 11.7 Å². The highest BCUT2D eigenvalue weighted by Gasteiger charge is 2.80. The van der Waals surface area contributed by atoms with Crippen molar-refractivity contribution in [3.63, 3.8) is 0 Å². The Morgan fingerprint density at radius 3 is 2.20 bits per heavy atom. The number of carbonyl (C=O) groups is 1. The van der Waals surface area contributed by atoms with Crippen molar-refractivity contribution >= 4 is 5.78 Å². The van der Waals surface area contributed by atoms with Crippen molar-refractivity contribution < 1.29 is 13.6 Å². The van der Waals surface area contributed by atoms with E-state index in [1.54, 1.807) is 30.3 Å². The second kappa shape index (κ2) is 2.87. The summed E-state index contributed by atoms with van der Waals surface area (Å²) in [4.78, 5) is 11.2. The number of Topliss-reactive ketones (excluding diaryl/α,β-unsaturated/α-hetero) is 1. The van der Waals surface area contributed by atoms with E-state index in [-0.39, 0.29) is 0 Å². The molecule has 0 radical (unpaired) electrons. The first-order valence-corrected chi connectivity index (χ1v) is 4.86. The van der Waals surface area contributed by atoms with Crippen molar-refractivity contribution in [2.24, 2.45) is 5.41 Å². The smallest absolute Gasteiger partial charge is 0.268 e. The van der Waals surface area contributed by atoms with Crippen LogP contribution in [0.25, 0.3) is 0 Å². The highest BCUT2D eigenvalue weighted by molar-refractivity contribution is 5.89. The molecule has 0 bridgehead atoms. The second-order valence-electron chi connectivity index (χ2n) is 4.23. The van der Waals surface area contributed by atoms with Gasteiger partial charge in [0.25, 0.3) is 5.92 Å². The lowest BCUT2D eigenvalue weighted by Crippen LogP contribution is -2.15. The molecule has 0 N–H and O–H groups in total. The highest BCUT2D eigenvalue weighted by Crippen LogP contribution is 2.71. The predicted octanol–water partition coefficient (Wildman–Crippen LogP) is 3.01. The molecule has 2 atom stereocenters. The molecule has 80 valence electrons. The van der Waals surface area contributed by atoms with E-state index in [9.17, 15) is 13.6 Å². The number of carbonyl (C=O) groups excluding carboxylic acids is 1. The van der Waals surface area contributed by atoms with Crippen molar-refractivity contribution in [3.8, 4) is 0 Å². The summed E-state index contributed by atoms with van der Waals surface area (Å²) in [5.41, 5.74) is -0.964. The minimum Gasteiger partial charge on any atom is -0.299 e. The number of hydrogen-bond acceptors (Lipinski definition) is 1. The molecule has 1 nitrogen and oxygen atoms in total. The quantitative estimate of drug-likeness (QED) is 0.733. The van der Waals surface area contributed by atoms with Gasteiger partial charge in [-0.2, -0.15) is 0 Å². The van der Waals surface area contributed by atoms with Crippen LogP contribution in [0.2, 0.25) is 0 Å². The predicted molar refractivity (Wildman–Crippen MR) is 52.9 cm³/mol. The molecule has 0 aromatic heterocycles. The van der Waals surface area contributed by atoms with E-state index in [0.29, 0.717) is 5.56 Å². The van der Waals surface area contributed by atoms with Gasteiger partial charge in [0, 0.05) is 0 Å². The van der Waals surface area contributed by atoms with Gasteiger partial charge in [-0.15, -0.1) is 0 Å². The third-order valence-corrected chi connectivity index (χ3v) is 3.41. The molecule has 0 unspecified atom stereocenters. The summed E-state index contributed by atoms with van der Waals surface area (Å²) in [6.07, 6.45) is 0. The van der Waals surface area contributed by atoms with Gasteiger partial charge in [-0.05, 0) is 19.4 Å². The van der Waals surface area contributed by atoms with Crippen LogP contribution in [0.1, 0.15) is 25.3 Å². The number of hydrogen-bond donors (Lipinski definition) is 0. The largest absolute Gasteiger partial charge is 0.299 e. The molecular weight excluding hydrogens is 198 g/mol. The molecule has 0 saturated heterocycles. The first kappa shape index (κ1) is 10.3. The summed E-state index contributed by atoms with van der Waals surface area (Å²) in [7, 11) is 0. The molecule has 1 fully saturated rings. The Bertz CT molecular complexity index is 399. The molecule has 0 heterocycles. The lowest BCUT2D eigenvalue weighted by molar-refractivity contribution is -0.124. The van der Waals surface area contributed by atoms with Crippen LogP contribution in [0.15, 0.2) is 30.3 Å². The van der Waals surface area contributed by atoms with Crippen LogP contribution < -0.4 is 0 Å². The average Bonchev–Trinajstić information content (AvgIpc) is 2.64. The fourth-order valence-corrected chi connectivity index (χ4v) is 2.16. The highest BCUT2D eigenvalue weighted by atomic mass is 19.3. The van der Waals surface area contributed by atoms with E-state index in [1.807, 2.05) is 0 Å². The topological polar surface area (TPSA) is 17.1 Å². The Kier molecular flexibility index (Phi) is 1.97. The molecule has 1 aliphatic carbocycles. The number of ketones is 1. The van der Waals surface area contributed by atoms with Crippen LogP contribution >= 0.6 is 0 Å². The van der Waals surface area contributed by atoms with Gasteiger partial charge >= 0.3 is 0 Å². The maximum Gasteiger partial charge on any atom is 0.268 e. The van der Waals surface area contributed by atoms with E-state index in [2.05, 4.69) is 0 Å². The van der Waals surface area contributed by atoms with Crippen LogP contribution in [0, 0.1) is 5.41 Å². The Hall–Kier alpha value is -1.25. The van der Waals surface area contributed by atoms with Crippen molar-refractivity contribution in [2.45, 2.75) is 25.7 Å². The third kappa shape index (κ3) is 1.15. The van der Waals surface area contributed by atoms with Crippen LogP contribution in [0.5, 0.6) is 0 Å². The maximum atomic E-state index is 13.6. The van der Waals surface area contributed by atoms with E-state index < -0.39 is 23.0 Å². The molecule has 3 heteroatoms. The summed E-state index contributed by atoms with van der Waals surface area (Å²) in [6.45, 7) is 2.57. The van der Waals surface area contributed by atoms with Gasteiger partial charge in [0.05, 0.1) is 5.92 Å². The first-order chi connectivity index (χ1) is 6.92. The molecule has 0 spiro atoms. The Morgan fingerprint density at radius 2 is 1.80 bits per heavy atom. The van der Waals surface area contributed by atoms with Crippen molar-refractivity contribution in [1.29, 1.82) is 0 Å². The molecule has 2 rings (SSSR count).